The Morgan fingerprint density at radius 3 is 2.81 bits per heavy atom. The molecular weight excluding hydrogens is 410 g/mol. The molecule has 3 aromatic rings. The van der Waals surface area contributed by atoms with Crippen molar-refractivity contribution in [1.82, 2.24) is 25.3 Å². The number of aromatic nitrogens is 4. The molecule has 0 saturated heterocycles. The number of hydrogen-bond donors (Lipinski definition) is 1. The molecule has 0 bridgehead atoms. The topological polar surface area (TPSA) is 100 Å². The van der Waals surface area contributed by atoms with Gasteiger partial charge in [-0.2, -0.15) is 5.10 Å². The van der Waals surface area contributed by atoms with Crippen LogP contribution in [0, 0.1) is 6.92 Å². The minimum atomic E-state index is -0.235. The number of fused-ring (bicyclic) bond motifs is 1. The van der Waals surface area contributed by atoms with Gasteiger partial charge in [-0.15, -0.1) is 10.2 Å². The summed E-state index contributed by atoms with van der Waals surface area (Å²) in [7, 11) is 0. The van der Waals surface area contributed by atoms with Gasteiger partial charge in [-0.3, -0.25) is 4.79 Å². The summed E-state index contributed by atoms with van der Waals surface area (Å²) >= 11 is 0. The monoisotopic (exact) mass is 437 g/mol. The molecule has 0 aliphatic carbocycles. The second kappa shape index (κ2) is 8.86. The van der Waals surface area contributed by atoms with Crippen molar-refractivity contribution >= 4 is 5.91 Å². The first-order valence-electron chi connectivity index (χ1n) is 10.6. The molecule has 0 unspecified atom stereocenters. The molecule has 3 heterocycles. The van der Waals surface area contributed by atoms with Crippen LogP contribution in [-0.2, 0) is 6.42 Å². The summed E-state index contributed by atoms with van der Waals surface area (Å²) in [6, 6.07) is 9.35. The number of nitrogens with zero attached hydrogens (tertiary/aromatic N) is 4. The molecule has 9 heteroatoms. The number of carbonyl (C=O) groups excluding carboxylic acids is 1. The van der Waals surface area contributed by atoms with E-state index in [4.69, 9.17) is 14.2 Å². The maximum absolute atomic E-state index is 12.6. The molecule has 0 fully saturated rings. The van der Waals surface area contributed by atoms with E-state index in [0.717, 1.165) is 17.7 Å². The summed E-state index contributed by atoms with van der Waals surface area (Å²) in [6.07, 6.45) is 2.36. The van der Waals surface area contributed by atoms with E-state index < -0.39 is 0 Å². The SMILES string of the molecule is CCOc1ccc(-n2ncc(C(=O)NCCOc3cccc4c3OC(C)(C)C4)c2C)nn1. The van der Waals surface area contributed by atoms with Crippen LogP contribution in [0.15, 0.2) is 36.5 Å². The predicted octanol–water partition coefficient (Wildman–Crippen LogP) is 2.89. The Balaban J connectivity index is 1.33. The van der Waals surface area contributed by atoms with Crippen molar-refractivity contribution in [3.8, 4) is 23.2 Å². The third-order valence-corrected chi connectivity index (χ3v) is 5.09. The average molecular weight is 438 g/mol. The van der Waals surface area contributed by atoms with Gasteiger partial charge in [-0.05, 0) is 39.8 Å². The number of ether oxygens (including phenoxy) is 3. The third kappa shape index (κ3) is 4.51. The Labute approximate surface area is 186 Å². The molecule has 1 amide bonds. The summed E-state index contributed by atoms with van der Waals surface area (Å²) < 4.78 is 18.8. The quantitative estimate of drug-likeness (QED) is 0.541. The summed E-state index contributed by atoms with van der Waals surface area (Å²) in [5, 5.41) is 15.3. The normalized spacial score (nSPS) is 13.9. The lowest BCUT2D eigenvalue weighted by Crippen LogP contribution is -2.28. The number of benzene rings is 1. The van der Waals surface area contributed by atoms with Crippen molar-refractivity contribution < 1.29 is 19.0 Å². The van der Waals surface area contributed by atoms with Crippen LogP contribution in [0.1, 0.15) is 42.4 Å². The Morgan fingerprint density at radius 1 is 1.22 bits per heavy atom. The molecule has 0 radical (unpaired) electrons. The molecule has 32 heavy (non-hydrogen) atoms. The Kier molecular flexibility index (Phi) is 5.98. The van der Waals surface area contributed by atoms with Crippen molar-refractivity contribution in [2.75, 3.05) is 19.8 Å². The molecule has 1 N–H and O–H groups in total. The highest BCUT2D eigenvalue weighted by atomic mass is 16.5. The van der Waals surface area contributed by atoms with Crippen LogP contribution >= 0.6 is 0 Å². The van der Waals surface area contributed by atoms with E-state index in [-0.39, 0.29) is 11.5 Å². The van der Waals surface area contributed by atoms with Crippen LogP contribution in [0.25, 0.3) is 5.82 Å². The van der Waals surface area contributed by atoms with E-state index in [1.165, 1.54) is 6.20 Å². The van der Waals surface area contributed by atoms with Gasteiger partial charge in [-0.1, -0.05) is 12.1 Å². The molecule has 0 atom stereocenters. The minimum Gasteiger partial charge on any atom is -0.488 e. The number of hydrogen-bond acceptors (Lipinski definition) is 7. The lowest BCUT2D eigenvalue weighted by atomic mass is 10.0. The Hall–Kier alpha value is -3.62. The lowest BCUT2D eigenvalue weighted by molar-refractivity contribution is 0.0945. The lowest BCUT2D eigenvalue weighted by Gasteiger charge is -2.18. The molecule has 2 aromatic heterocycles. The fourth-order valence-corrected chi connectivity index (χ4v) is 3.64. The minimum absolute atomic E-state index is 0.230. The van der Waals surface area contributed by atoms with E-state index in [2.05, 4.69) is 34.5 Å². The van der Waals surface area contributed by atoms with Gasteiger partial charge in [0.25, 0.3) is 5.91 Å². The standard InChI is InChI=1S/C23H27N5O4/c1-5-30-20-10-9-19(26-27-20)28-15(2)17(14-25-28)22(29)24-11-12-31-18-8-6-7-16-13-23(3,4)32-21(16)18/h6-10,14H,5,11-13H2,1-4H3,(H,24,29). The molecule has 168 valence electrons. The number of nitrogens with one attached hydrogen (secondary N) is 1. The fourth-order valence-electron chi connectivity index (χ4n) is 3.64. The number of amides is 1. The van der Waals surface area contributed by atoms with Gasteiger partial charge in [0.1, 0.15) is 12.2 Å². The molecular formula is C23H27N5O4. The number of rotatable bonds is 8. The van der Waals surface area contributed by atoms with Crippen molar-refractivity contribution in [3.63, 3.8) is 0 Å². The highest BCUT2D eigenvalue weighted by Crippen LogP contribution is 2.41. The first-order valence-corrected chi connectivity index (χ1v) is 10.6. The van der Waals surface area contributed by atoms with Crippen LogP contribution in [0.3, 0.4) is 0 Å². The van der Waals surface area contributed by atoms with Gasteiger partial charge in [0, 0.05) is 18.1 Å². The van der Waals surface area contributed by atoms with Gasteiger partial charge in [0.15, 0.2) is 17.3 Å². The van der Waals surface area contributed by atoms with Gasteiger partial charge in [0.2, 0.25) is 5.88 Å². The second-order valence-corrected chi connectivity index (χ2v) is 8.11. The molecule has 0 saturated carbocycles. The van der Waals surface area contributed by atoms with Crippen molar-refractivity contribution in [1.29, 1.82) is 0 Å². The molecule has 9 nitrogen and oxygen atoms in total. The number of para-hydroxylation sites is 1. The zero-order valence-corrected chi connectivity index (χ0v) is 18.7. The molecule has 1 aromatic carbocycles. The number of carbonyl (C=O) groups is 1. The summed E-state index contributed by atoms with van der Waals surface area (Å²) in [5.74, 6) is 2.20. The maximum Gasteiger partial charge on any atom is 0.254 e. The van der Waals surface area contributed by atoms with Crippen molar-refractivity contribution in [3.05, 3.63) is 53.3 Å². The van der Waals surface area contributed by atoms with Gasteiger partial charge < -0.3 is 19.5 Å². The van der Waals surface area contributed by atoms with Crippen LogP contribution in [-0.4, -0.2) is 51.2 Å². The van der Waals surface area contributed by atoms with Crippen LogP contribution in [0.4, 0.5) is 0 Å². The maximum atomic E-state index is 12.6. The Bertz CT molecular complexity index is 1110. The van der Waals surface area contributed by atoms with Crippen LogP contribution in [0.5, 0.6) is 17.4 Å². The zero-order valence-electron chi connectivity index (χ0n) is 18.7. The molecule has 1 aliphatic rings. The zero-order chi connectivity index (χ0) is 22.7. The van der Waals surface area contributed by atoms with E-state index in [1.807, 2.05) is 32.0 Å². The van der Waals surface area contributed by atoms with Crippen LogP contribution < -0.4 is 19.5 Å². The third-order valence-electron chi connectivity index (χ3n) is 5.09. The summed E-state index contributed by atoms with van der Waals surface area (Å²) in [5.41, 5.74) is 2.03. The Morgan fingerprint density at radius 2 is 2.06 bits per heavy atom. The predicted molar refractivity (Wildman–Crippen MR) is 118 cm³/mol. The highest BCUT2D eigenvalue weighted by molar-refractivity contribution is 5.95. The van der Waals surface area contributed by atoms with Crippen molar-refractivity contribution in [2.24, 2.45) is 0 Å². The van der Waals surface area contributed by atoms with E-state index >= 15 is 0 Å². The largest absolute Gasteiger partial charge is 0.488 e. The first kappa shape index (κ1) is 21.6. The highest BCUT2D eigenvalue weighted by Gasteiger charge is 2.32. The molecule has 4 rings (SSSR count). The first-order chi connectivity index (χ1) is 15.4. The van der Waals surface area contributed by atoms with Crippen molar-refractivity contribution in [2.45, 2.75) is 39.7 Å². The van der Waals surface area contributed by atoms with Gasteiger partial charge in [-0.25, -0.2) is 4.68 Å². The fraction of sp³-hybridized carbons (Fsp3) is 0.391. The van der Waals surface area contributed by atoms with Gasteiger partial charge in [0.05, 0.1) is 30.6 Å². The van der Waals surface area contributed by atoms with E-state index in [0.29, 0.717) is 48.5 Å². The summed E-state index contributed by atoms with van der Waals surface area (Å²) in [6.45, 7) is 8.98. The van der Waals surface area contributed by atoms with E-state index in [1.54, 1.807) is 16.8 Å². The summed E-state index contributed by atoms with van der Waals surface area (Å²) in [4.78, 5) is 12.6. The average Bonchev–Trinajstić information content (AvgIpc) is 3.30. The second-order valence-electron chi connectivity index (χ2n) is 8.11. The molecule has 1 aliphatic heterocycles. The van der Waals surface area contributed by atoms with E-state index in [9.17, 15) is 4.79 Å². The van der Waals surface area contributed by atoms with Crippen LogP contribution in [0.2, 0.25) is 0 Å². The molecule has 0 spiro atoms. The smallest absolute Gasteiger partial charge is 0.254 e. The van der Waals surface area contributed by atoms with Gasteiger partial charge >= 0.3 is 0 Å².